The Morgan fingerprint density at radius 2 is 1.84 bits per heavy atom. The summed E-state index contributed by atoms with van der Waals surface area (Å²) >= 11 is 0. The van der Waals surface area contributed by atoms with Crippen molar-refractivity contribution in [1.29, 1.82) is 0 Å². The van der Waals surface area contributed by atoms with Crippen LogP contribution in [0.4, 0.5) is 5.69 Å². The Morgan fingerprint density at radius 1 is 0.977 bits per heavy atom. The molecular weight excluding hydrogens is 540 g/mol. The normalized spacial score (nSPS) is 14.5. The van der Waals surface area contributed by atoms with Crippen molar-refractivity contribution >= 4 is 33.5 Å². The Hall–Kier alpha value is -4.93. The quantitative estimate of drug-likeness (QED) is 0.197. The molecule has 4 N–H and O–H groups in total. The number of aliphatic hydroxyl groups is 1. The average molecular weight is 573 g/mol. The predicted molar refractivity (Wildman–Crippen MR) is 167 cm³/mol. The van der Waals surface area contributed by atoms with Crippen molar-refractivity contribution in [2.45, 2.75) is 38.8 Å². The average Bonchev–Trinajstić information content (AvgIpc) is 3.66. The summed E-state index contributed by atoms with van der Waals surface area (Å²) < 4.78 is 0. The van der Waals surface area contributed by atoms with Gasteiger partial charge in [-0.2, -0.15) is 5.10 Å². The number of H-pyrrole nitrogens is 2. The Bertz CT molecular complexity index is 1940. The number of imidazole rings is 1. The first-order valence-electron chi connectivity index (χ1n) is 14.6. The smallest absolute Gasteiger partial charge is 0.224 e. The minimum Gasteiger partial charge on any atom is -0.393 e. The van der Waals surface area contributed by atoms with Crippen LogP contribution in [-0.2, 0) is 11.3 Å². The van der Waals surface area contributed by atoms with E-state index in [-0.39, 0.29) is 12.0 Å². The van der Waals surface area contributed by atoms with Crippen LogP contribution < -0.4 is 5.32 Å². The number of nitrogens with one attached hydrogen (secondary N) is 3. The number of benzene rings is 2. The lowest BCUT2D eigenvalue weighted by atomic mass is 10.0. The minimum absolute atomic E-state index is 0.0558. The third kappa shape index (κ3) is 5.50. The van der Waals surface area contributed by atoms with Crippen LogP contribution in [-0.4, -0.2) is 65.2 Å². The molecule has 4 aromatic heterocycles. The number of carbonyl (C=O) groups is 1. The summed E-state index contributed by atoms with van der Waals surface area (Å²) in [7, 11) is 0. The summed E-state index contributed by atoms with van der Waals surface area (Å²) in [4.78, 5) is 31.6. The first kappa shape index (κ1) is 26.9. The molecule has 6 aromatic rings. The van der Waals surface area contributed by atoms with Crippen molar-refractivity contribution in [3.8, 4) is 33.8 Å². The molecule has 0 bridgehead atoms. The van der Waals surface area contributed by atoms with E-state index in [9.17, 15) is 9.90 Å². The lowest BCUT2D eigenvalue weighted by molar-refractivity contribution is -0.115. The maximum atomic E-state index is 11.9. The van der Waals surface area contributed by atoms with Crippen molar-refractivity contribution in [2.75, 3.05) is 18.4 Å². The second-order valence-electron chi connectivity index (χ2n) is 11.1. The van der Waals surface area contributed by atoms with Gasteiger partial charge in [-0.3, -0.25) is 24.8 Å². The van der Waals surface area contributed by atoms with Crippen LogP contribution in [0.5, 0.6) is 0 Å². The molecule has 1 fully saturated rings. The van der Waals surface area contributed by atoms with Crippen molar-refractivity contribution < 1.29 is 9.90 Å². The van der Waals surface area contributed by atoms with E-state index < -0.39 is 0 Å². The Kier molecular flexibility index (Phi) is 7.14. The van der Waals surface area contributed by atoms with Gasteiger partial charge in [-0.25, -0.2) is 4.98 Å². The van der Waals surface area contributed by atoms with E-state index in [0.29, 0.717) is 23.6 Å². The highest BCUT2D eigenvalue weighted by atomic mass is 16.3. The highest BCUT2D eigenvalue weighted by molar-refractivity contribution is 5.98. The van der Waals surface area contributed by atoms with Gasteiger partial charge in [0.1, 0.15) is 5.69 Å². The topological polar surface area (TPSA) is 136 Å². The third-order valence-electron chi connectivity index (χ3n) is 8.06. The molecule has 7 rings (SSSR count). The molecule has 0 saturated carbocycles. The highest BCUT2D eigenvalue weighted by Crippen LogP contribution is 2.33. The standard InChI is InChI=1S/C33H32N8O2/c1-2-30(43)36-24-13-23(15-34-16-24)21-6-7-28-26(14-21)32(40-39-28)33-37-29-18-35-17-27(31(29)38-33)22-5-3-4-20(12-22)19-41-10-8-25(42)9-11-41/h3-7,12-18,25,42H,2,8-11,19H2,1H3,(H,36,43)(H,37,38)(H,39,40). The molecule has 0 spiro atoms. The van der Waals surface area contributed by atoms with Gasteiger partial charge in [0.15, 0.2) is 5.82 Å². The minimum atomic E-state index is -0.179. The van der Waals surface area contributed by atoms with Gasteiger partial charge in [0.25, 0.3) is 0 Å². The number of piperidine rings is 1. The molecule has 10 nitrogen and oxygen atoms in total. The van der Waals surface area contributed by atoms with E-state index in [2.05, 4.69) is 65.7 Å². The van der Waals surface area contributed by atoms with Gasteiger partial charge < -0.3 is 15.4 Å². The van der Waals surface area contributed by atoms with Crippen LogP contribution in [0, 0.1) is 0 Å². The SMILES string of the molecule is CCC(=O)Nc1cncc(-c2ccc3[nH]nc(-c4nc5c(-c6cccc(CN7CCC(O)CC7)c6)cncc5[nH]4)c3c2)c1. The van der Waals surface area contributed by atoms with E-state index in [1.165, 1.54) is 5.56 Å². The fourth-order valence-corrected chi connectivity index (χ4v) is 5.72. The molecule has 1 aliphatic rings. The molecule has 1 saturated heterocycles. The van der Waals surface area contributed by atoms with Gasteiger partial charge in [0, 0.05) is 55.0 Å². The number of pyridine rings is 2. The lowest BCUT2D eigenvalue weighted by Crippen LogP contribution is -2.35. The van der Waals surface area contributed by atoms with E-state index in [1.54, 1.807) is 18.6 Å². The second kappa shape index (κ2) is 11.4. The number of carbonyl (C=O) groups excluding carboxylic acids is 1. The van der Waals surface area contributed by atoms with E-state index in [4.69, 9.17) is 4.98 Å². The molecule has 2 aromatic carbocycles. The van der Waals surface area contributed by atoms with Gasteiger partial charge >= 0.3 is 0 Å². The summed E-state index contributed by atoms with van der Waals surface area (Å²) in [6, 6.07) is 16.5. The maximum absolute atomic E-state index is 11.9. The van der Waals surface area contributed by atoms with Gasteiger partial charge in [-0.15, -0.1) is 0 Å². The summed E-state index contributed by atoms with van der Waals surface area (Å²) in [5, 5.41) is 21.4. The summed E-state index contributed by atoms with van der Waals surface area (Å²) in [6.45, 7) is 4.48. The van der Waals surface area contributed by atoms with Gasteiger partial charge in [0.05, 0.1) is 40.7 Å². The maximum Gasteiger partial charge on any atom is 0.224 e. The summed E-state index contributed by atoms with van der Waals surface area (Å²) in [6.07, 6.45) is 8.95. The fraction of sp³-hybridized carbons (Fsp3) is 0.242. The van der Waals surface area contributed by atoms with E-state index >= 15 is 0 Å². The molecule has 216 valence electrons. The zero-order valence-corrected chi connectivity index (χ0v) is 23.8. The molecule has 10 heteroatoms. The highest BCUT2D eigenvalue weighted by Gasteiger charge is 2.19. The Morgan fingerprint density at radius 3 is 2.70 bits per heavy atom. The molecule has 0 aliphatic carbocycles. The number of nitrogens with zero attached hydrogens (tertiary/aromatic N) is 5. The number of aromatic amines is 2. The predicted octanol–water partition coefficient (Wildman–Crippen LogP) is 5.54. The number of hydrogen-bond donors (Lipinski definition) is 4. The number of amides is 1. The number of aromatic nitrogens is 6. The molecule has 0 atom stereocenters. The van der Waals surface area contributed by atoms with Gasteiger partial charge in [-0.05, 0) is 53.8 Å². The lowest BCUT2D eigenvalue weighted by Gasteiger charge is -2.29. The van der Waals surface area contributed by atoms with Gasteiger partial charge in [0.2, 0.25) is 5.91 Å². The zero-order chi connectivity index (χ0) is 29.3. The number of likely N-dealkylation sites (tertiary alicyclic amines) is 1. The van der Waals surface area contributed by atoms with Crippen molar-refractivity contribution in [3.63, 3.8) is 0 Å². The molecule has 0 unspecified atom stereocenters. The van der Waals surface area contributed by atoms with E-state index in [0.717, 1.165) is 76.7 Å². The summed E-state index contributed by atoms with van der Waals surface area (Å²) in [5.74, 6) is 0.595. The van der Waals surface area contributed by atoms with Crippen molar-refractivity contribution in [3.05, 3.63) is 78.9 Å². The number of rotatable bonds is 7. The number of hydrogen-bond acceptors (Lipinski definition) is 7. The second-order valence-corrected chi connectivity index (χ2v) is 11.1. The molecular formula is C33H32N8O2. The van der Waals surface area contributed by atoms with Crippen LogP contribution in [0.1, 0.15) is 31.7 Å². The largest absolute Gasteiger partial charge is 0.393 e. The molecule has 1 amide bonds. The number of anilines is 1. The van der Waals surface area contributed by atoms with Gasteiger partial charge in [-0.1, -0.05) is 31.2 Å². The Balaban J connectivity index is 1.21. The summed E-state index contributed by atoms with van der Waals surface area (Å²) in [5.41, 5.74) is 9.00. The van der Waals surface area contributed by atoms with Crippen LogP contribution in [0.15, 0.2) is 73.3 Å². The Labute approximate surface area is 248 Å². The monoisotopic (exact) mass is 572 g/mol. The van der Waals surface area contributed by atoms with Crippen LogP contribution in [0.25, 0.3) is 55.7 Å². The van der Waals surface area contributed by atoms with Crippen molar-refractivity contribution in [2.24, 2.45) is 0 Å². The van der Waals surface area contributed by atoms with Crippen LogP contribution >= 0.6 is 0 Å². The molecule has 5 heterocycles. The molecule has 0 radical (unpaired) electrons. The van der Waals surface area contributed by atoms with Crippen molar-refractivity contribution in [1.82, 2.24) is 35.0 Å². The number of aliphatic hydroxyl groups excluding tert-OH is 1. The third-order valence-corrected chi connectivity index (χ3v) is 8.06. The zero-order valence-electron chi connectivity index (χ0n) is 23.8. The van der Waals surface area contributed by atoms with Crippen LogP contribution in [0.2, 0.25) is 0 Å². The van der Waals surface area contributed by atoms with E-state index in [1.807, 2.05) is 31.3 Å². The molecule has 1 aliphatic heterocycles. The molecule has 43 heavy (non-hydrogen) atoms. The van der Waals surface area contributed by atoms with Crippen LogP contribution in [0.3, 0.4) is 0 Å². The fourth-order valence-electron chi connectivity index (χ4n) is 5.72. The first-order chi connectivity index (χ1) is 21.0. The first-order valence-corrected chi connectivity index (χ1v) is 14.6. The number of fused-ring (bicyclic) bond motifs is 2.